The van der Waals surface area contributed by atoms with Crippen molar-refractivity contribution in [2.75, 3.05) is 0 Å². The van der Waals surface area contributed by atoms with E-state index in [1.165, 1.54) is 0 Å². The average Bonchev–Trinajstić information content (AvgIpc) is 3.88. The molecular weight excluding hydrogens is 837 g/mol. The smallest absolute Gasteiger partial charge is 0.408 e. The van der Waals surface area contributed by atoms with Gasteiger partial charge in [-0.25, -0.2) is 19.6 Å². The number of ether oxygens (including phenoxy) is 2. The van der Waals surface area contributed by atoms with Gasteiger partial charge in [0.05, 0.1) is 23.5 Å². The van der Waals surface area contributed by atoms with Gasteiger partial charge >= 0.3 is 12.2 Å². The number of nitrogens with one attached hydrogen (secondary N) is 2. The molecule has 0 spiro atoms. The lowest BCUT2D eigenvalue weighted by Crippen LogP contribution is -2.47. The first-order valence-electron chi connectivity index (χ1n) is 20.6. The molecule has 0 saturated carbocycles. The fourth-order valence-corrected chi connectivity index (χ4v) is 6.56. The molecule has 5 aromatic rings. The molecule has 2 aromatic carbocycles. The highest BCUT2D eigenvalue weighted by Crippen LogP contribution is 2.28. The van der Waals surface area contributed by atoms with Crippen molar-refractivity contribution in [2.24, 2.45) is 25.0 Å². The van der Waals surface area contributed by atoms with E-state index in [2.05, 4.69) is 72.0 Å². The maximum Gasteiger partial charge on any atom is 0.408 e. The van der Waals surface area contributed by atoms with Crippen molar-refractivity contribution in [1.82, 2.24) is 39.9 Å². The van der Waals surface area contributed by atoms with Gasteiger partial charge in [-0.05, 0) is 52.7 Å². The van der Waals surface area contributed by atoms with E-state index in [0.717, 1.165) is 45.3 Å². The number of nitrogens with zero attached hydrogens (tertiary/aromatic N) is 7. The van der Waals surface area contributed by atoms with Crippen molar-refractivity contribution < 1.29 is 28.8 Å². The quantitative estimate of drug-likeness (QED) is 0.0448. The first-order valence-corrected chi connectivity index (χ1v) is 20.6. The van der Waals surface area contributed by atoms with E-state index >= 15 is 0 Å². The second-order valence-corrected chi connectivity index (χ2v) is 19.5. The predicted molar refractivity (Wildman–Crippen MR) is 267 cm³/mol. The first kappa shape index (κ1) is 59.8. The summed E-state index contributed by atoms with van der Waals surface area (Å²) in [5.74, 6) is 2.80. The molecule has 3 aromatic heterocycles. The Morgan fingerprint density at radius 1 is 0.682 bits per heavy atom. The zero-order chi connectivity index (χ0) is 46.4. The van der Waals surface area contributed by atoms with Crippen LogP contribution in [0.4, 0.5) is 9.59 Å². The summed E-state index contributed by atoms with van der Waals surface area (Å²) >= 11 is 0. The molecule has 0 fully saturated rings. The number of carbonyl (C=O) groups excluding carboxylic acids is 2. The lowest BCUT2D eigenvalue weighted by atomic mass is 9.96. The van der Waals surface area contributed by atoms with E-state index in [1.54, 1.807) is 27.7 Å². The lowest BCUT2D eigenvalue weighted by Gasteiger charge is -2.23. The summed E-state index contributed by atoms with van der Waals surface area (Å²) in [6.07, 6.45) is 3.76. The molecule has 0 aliphatic rings. The molecular formula is C50H82N10O6. The molecule has 0 bridgehead atoms. The van der Waals surface area contributed by atoms with Crippen LogP contribution in [-0.2, 0) is 47.2 Å². The molecule has 16 heteroatoms. The van der Waals surface area contributed by atoms with Crippen LogP contribution < -0.4 is 16.4 Å². The molecule has 16 nitrogen and oxygen atoms in total. The normalized spacial score (nSPS) is 12.6. The first-order chi connectivity index (χ1) is 28.6. The molecule has 0 radical (unpaired) electrons. The second-order valence-electron chi connectivity index (χ2n) is 19.5. The van der Waals surface area contributed by atoms with E-state index in [4.69, 9.17) is 34.9 Å². The largest absolute Gasteiger partial charge is 0.444 e. The third-order valence-corrected chi connectivity index (χ3v) is 9.18. The summed E-state index contributed by atoms with van der Waals surface area (Å²) in [6.45, 7) is 25.3. The second kappa shape index (κ2) is 23.8. The Balaban J connectivity index is 0.00000121. The molecule has 5 N–H and O–H groups in total. The van der Waals surface area contributed by atoms with Crippen LogP contribution in [0.1, 0.15) is 153 Å². The Hall–Kier alpha value is -6.19. The Morgan fingerprint density at radius 2 is 1.08 bits per heavy atom. The van der Waals surface area contributed by atoms with Gasteiger partial charge < -0.3 is 44.7 Å². The predicted octanol–water partition coefficient (Wildman–Crippen LogP) is 11.0. The third-order valence-electron chi connectivity index (χ3n) is 9.18. The van der Waals surface area contributed by atoms with Crippen LogP contribution in [0.5, 0.6) is 0 Å². The van der Waals surface area contributed by atoms with Crippen LogP contribution in [0.3, 0.4) is 0 Å². The Bertz CT molecular complexity index is 2300. The van der Waals surface area contributed by atoms with Gasteiger partial charge in [0, 0.05) is 68.2 Å². The summed E-state index contributed by atoms with van der Waals surface area (Å²) in [5, 5.41) is 21.6. The molecule has 66 heavy (non-hydrogen) atoms. The van der Waals surface area contributed by atoms with Crippen molar-refractivity contribution in [2.45, 2.75) is 167 Å². The summed E-state index contributed by atoms with van der Waals surface area (Å²) < 4.78 is 19.9. The van der Waals surface area contributed by atoms with E-state index in [0.29, 0.717) is 24.6 Å². The number of imidazole rings is 2. The number of hydrogen-bond acceptors (Lipinski definition) is 11. The number of rotatable bonds is 10. The van der Waals surface area contributed by atoms with Gasteiger partial charge in [0.15, 0.2) is 11.7 Å². The van der Waals surface area contributed by atoms with Crippen LogP contribution in [0.15, 0.2) is 70.6 Å². The molecule has 2 atom stereocenters. The highest BCUT2D eigenvalue weighted by atomic mass is 16.6. The third kappa shape index (κ3) is 17.7. The molecule has 2 amide bonds. The van der Waals surface area contributed by atoms with E-state index < -0.39 is 35.5 Å². The number of hydrogen-bond donors (Lipinski definition) is 4. The highest BCUT2D eigenvalue weighted by molar-refractivity contribution is 5.88. The van der Waals surface area contributed by atoms with E-state index in [1.807, 2.05) is 100 Å². The van der Waals surface area contributed by atoms with Crippen LogP contribution in [-0.4, -0.2) is 69.7 Å². The number of aromatic nitrogens is 6. The fourth-order valence-electron chi connectivity index (χ4n) is 6.56. The van der Waals surface area contributed by atoms with Crippen LogP contribution in [0.25, 0.3) is 22.5 Å². The van der Waals surface area contributed by atoms with Gasteiger partial charge in [0.25, 0.3) is 0 Å². The van der Waals surface area contributed by atoms with Crippen molar-refractivity contribution in [1.29, 1.82) is 0 Å². The zero-order valence-electron chi connectivity index (χ0n) is 39.0. The van der Waals surface area contributed by atoms with Gasteiger partial charge in [-0.3, -0.25) is 0 Å². The van der Waals surface area contributed by atoms with Gasteiger partial charge in [0.2, 0.25) is 5.89 Å². The fraction of sp³-hybridized carbons (Fsp3) is 0.540. The van der Waals surface area contributed by atoms with Gasteiger partial charge in [0.1, 0.15) is 22.9 Å². The summed E-state index contributed by atoms with van der Waals surface area (Å²) in [6, 6.07) is 14.8. The number of oxime groups is 1. The summed E-state index contributed by atoms with van der Waals surface area (Å²) in [4.78, 5) is 38.4. The maximum absolute atomic E-state index is 12.4. The van der Waals surface area contributed by atoms with E-state index in [9.17, 15) is 9.59 Å². The summed E-state index contributed by atoms with van der Waals surface area (Å²) in [7, 11) is 4.01. The minimum Gasteiger partial charge on any atom is -0.444 e. The minimum absolute atomic E-state index is 0. The van der Waals surface area contributed by atoms with E-state index in [-0.39, 0.29) is 46.4 Å². The SMILES string of the molecule is C.C.C.C.Cc1nc([C@H](Cc2ccc(-c3cn(C)c(C(C)(C)C)n3)cc2)NC(=O)OC(C)(C)C)no1.Cn1cc(-c2ccc(C[C@H](NC(=O)OC(C)(C)C)C(N)=NO)cc2)nc1C(C)(C)C. The van der Waals surface area contributed by atoms with Gasteiger partial charge in [-0.2, -0.15) is 4.98 Å². The number of amidine groups is 1. The van der Waals surface area contributed by atoms with Gasteiger partial charge in [-0.15, -0.1) is 0 Å². The molecule has 0 saturated heterocycles. The summed E-state index contributed by atoms with van der Waals surface area (Å²) in [5.41, 5.74) is 10.2. The zero-order valence-corrected chi connectivity index (χ0v) is 39.0. The molecule has 0 unspecified atom stereocenters. The van der Waals surface area contributed by atoms with Crippen LogP contribution >= 0.6 is 0 Å². The molecule has 0 aliphatic carbocycles. The van der Waals surface area contributed by atoms with Crippen molar-refractivity contribution in [3.8, 4) is 22.5 Å². The van der Waals surface area contributed by atoms with Crippen LogP contribution in [0.2, 0.25) is 0 Å². The minimum atomic E-state index is -0.696. The number of alkyl carbamates (subject to hydrolysis) is 2. The number of amides is 2. The average molecular weight is 919 g/mol. The highest BCUT2D eigenvalue weighted by Gasteiger charge is 2.26. The number of carbonyl (C=O) groups is 2. The monoisotopic (exact) mass is 919 g/mol. The number of nitrogens with two attached hydrogens (primary N) is 1. The Labute approximate surface area is 395 Å². The molecule has 5 rings (SSSR count). The topological polar surface area (TPSA) is 210 Å². The molecule has 3 heterocycles. The number of benzene rings is 2. The van der Waals surface area contributed by atoms with Crippen molar-refractivity contribution >= 4 is 18.0 Å². The van der Waals surface area contributed by atoms with Gasteiger partial charge in [-0.1, -0.05) is 130 Å². The van der Waals surface area contributed by atoms with Crippen molar-refractivity contribution in [3.05, 3.63) is 95.4 Å². The van der Waals surface area contributed by atoms with Crippen LogP contribution in [0, 0.1) is 6.92 Å². The molecule has 368 valence electrons. The lowest BCUT2D eigenvalue weighted by molar-refractivity contribution is 0.0494. The maximum atomic E-state index is 12.4. The number of aryl methyl sites for hydroxylation is 3. The standard InChI is InChI=1S/C24H33N5O3.C22H33N5O3.4CH4/c1-15-25-20(28-32-15)18(27-22(30)31-24(5,6)7)13-16-9-11-17(12-10-16)19-14-29(8)21(26-19)23(2,3)4;1-21(2,3)19-24-17(13-27(19)7)15-10-8-14(9-11-15)12-16(18(23)26-29)25-20(28)30-22(4,5)6;;;;/h9-12,14,18H,13H2,1-8H3,(H,27,30);8-11,13,16,29H,12H2,1-7H3,(H2,23,26)(H,25,28);4*1H4/t18-;16-;;;;/m00..../s1. The molecule has 0 aliphatic heterocycles. The Morgan fingerprint density at radius 3 is 1.41 bits per heavy atom. The Kier molecular flexibility index (Phi) is 21.6. The van der Waals surface area contributed by atoms with Crippen molar-refractivity contribution in [3.63, 3.8) is 0 Å².